The van der Waals surface area contributed by atoms with Gasteiger partial charge in [0.1, 0.15) is 17.6 Å². The number of benzene rings is 1. The van der Waals surface area contributed by atoms with E-state index in [2.05, 4.69) is 4.98 Å². The molecule has 0 unspecified atom stereocenters. The van der Waals surface area contributed by atoms with Crippen LogP contribution >= 0.6 is 0 Å². The number of amides is 1. The van der Waals surface area contributed by atoms with E-state index >= 15 is 0 Å². The lowest BCUT2D eigenvalue weighted by Gasteiger charge is -2.18. The monoisotopic (exact) mass is 269 g/mol. The van der Waals surface area contributed by atoms with Crippen molar-refractivity contribution in [2.24, 2.45) is 0 Å². The van der Waals surface area contributed by atoms with Gasteiger partial charge in [-0.3, -0.25) is 4.79 Å². The molecule has 0 saturated heterocycles. The predicted octanol–water partition coefficient (Wildman–Crippen LogP) is 2.68. The first-order valence-electron chi connectivity index (χ1n) is 5.93. The predicted molar refractivity (Wildman–Crippen MR) is 72.8 cm³/mol. The smallest absolute Gasteiger partial charge is 0.258 e. The van der Waals surface area contributed by atoms with Crippen LogP contribution in [0.4, 0.5) is 10.1 Å². The van der Waals surface area contributed by atoms with Crippen molar-refractivity contribution in [3.63, 3.8) is 0 Å². The number of nitriles is 1. The molecule has 2 aromatic rings. The minimum absolute atomic E-state index is 0.180. The lowest BCUT2D eigenvalue weighted by molar-refractivity contribution is 0.0993. The van der Waals surface area contributed by atoms with Crippen LogP contribution in [0.5, 0.6) is 0 Å². The minimum Gasteiger partial charge on any atom is -0.311 e. The van der Waals surface area contributed by atoms with Gasteiger partial charge in [-0.2, -0.15) is 5.26 Å². The van der Waals surface area contributed by atoms with Crippen molar-refractivity contribution >= 4 is 11.6 Å². The number of carbonyl (C=O) groups is 1. The van der Waals surface area contributed by atoms with Gasteiger partial charge in [0.25, 0.3) is 5.91 Å². The third-order valence-corrected chi connectivity index (χ3v) is 2.95. The summed E-state index contributed by atoms with van der Waals surface area (Å²) >= 11 is 0. The van der Waals surface area contributed by atoms with E-state index < -0.39 is 0 Å². The van der Waals surface area contributed by atoms with Crippen LogP contribution < -0.4 is 4.90 Å². The second-order valence-corrected chi connectivity index (χ2v) is 4.34. The third-order valence-electron chi connectivity index (χ3n) is 2.95. The zero-order chi connectivity index (χ0) is 14.7. The summed E-state index contributed by atoms with van der Waals surface area (Å²) in [5, 5.41) is 8.79. The molecule has 2 rings (SSSR count). The van der Waals surface area contributed by atoms with Gasteiger partial charge in [0.15, 0.2) is 0 Å². The van der Waals surface area contributed by atoms with Crippen LogP contribution in [0.2, 0.25) is 0 Å². The van der Waals surface area contributed by atoms with Crippen LogP contribution in [0.3, 0.4) is 0 Å². The molecular formula is C15H12FN3O. The number of nitrogens with zero attached hydrogens (tertiary/aromatic N) is 3. The van der Waals surface area contributed by atoms with E-state index in [1.165, 1.54) is 35.4 Å². The molecule has 0 atom stereocenters. The number of anilines is 1. The summed E-state index contributed by atoms with van der Waals surface area (Å²) in [6, 6.07) is 9.30. The zero-order valence-corrected chi connectivity index (χ0v) is 11.1. The second kappa shape index (κ2) is 5.49. The van der Waals surface area contributed by atoms with Crippen molar-refractivity contribution in [3.8, 4) is 6.07 Å². The Labute approximate surface area is 116 Å². The highest BCUT2D eigenvalue weighted by Gasteiger charge is 2.15. The highest BCUT2D eigenvalue weighted by atomic mass is 19.1. The Balaban J connectivity index is 2.32. The fraction of sp³-hybridized carbons (Fsp3) is 0.133. The van der Waals surface area contributed by atoms with E-state index in [1.807, 2.05) is 6.07 Å². The Hall–Kier alpha value is -2.74. The van der Waals surface area contributed by atoms with Crippen LogP contribution in [0.1, 0.15) is 21.6 Å². The van der Waals surface area contributed by atoms with Gasteiger partial charge in [0, 0.05) is 24.5 Å². The summed E-state index contributed by atoms with van der Waals surface area (Å²) in [7, 11) is 1.60. The molecule has 4 nitrogen and oxygen atoms in total. The van der Waals surface area contributed by atoms with Crippen LogP contribution in [0.25, 0.3) is 0 Å². The molecule has 0 aliphatic carbocycles. The second-order valence-electron chi connectivity index (χ2n) is 4.34. The third kappa shape index (κ3) is 2.64. The van der Waals surface area contributed by atoms with Gasteiger partial charge in [-0.05, 0) is 42.8 Å². The number of halogens is 1. The van der Waals surface area contributed by atoms with Crippen LogP contribution in [0, 0.1) is 24.1 Å². The van der Waals surface area contributed by atoms with Crippen LogP contribution in [0.15, 0.2) is 36.5 Å². The van der Waals surface area contributed by atoms with E-state index in [9.17, 15) is 9.18 Å². The summed E-state index contributed by atoms with van der Waals surface area (Å²) in [5.74, 6) is -0.597. The Bertz CT molecular complexity index is 707. The molecule has 0 aliphatic heterocycles. The van der Waals surface area contributed by atoms with Gasteiger partial charge in [-0.25, -0.2) is 9.37 Å². The molecule has 0 fully saturated rings. The molecule has 100 valence electrons. The SMILES string of the molecule is Cc1cc(N(C)C(=O)c2ccnc(C#N)c2)ccc1F. The summed E-state index contributed by atoms with van der Waals surface area (Å²) < 4.78 is 13.2. The lowest BCUT2D eigenvalue weighted by atomic mass is 10.1. The number of carbonyl (C=O) groups excluding carboxylic acids is 1. The average molecular weight is 269 g/mol. The van der Waals surface area contributed by atoms with Crippen molar-refractivity contribution in [2.45, 2.75) is 6.92 Å². The number of rotatable bonds is 2. The standard InChI is InChI=1S/C15H12FN3O/c1-10-7-13(3-4-14(10)16)19(2)15(20)11-5-6-18-12(8-11)9-17/h3-8H,1-2H3. The fourth-order valence-electron chi connectivity index (χ4n) is 1.77. The van der Waals surface area contributed by atoms with Crippen molar-refractivity contribution in [1.82, 2.24) is 4.98 Å². The Morgan fingerprint density at radius 2 is 2.10 bits per heavy atom. The topological polar surface area (TPSA) is 57.0 Å². The molecule has 1 aromatic carbocycles. The molecule has 0 bridgehead atoms. The molecule has 20 heavy (non-hydrogen) atoms. The van der Waals surface area contributed by atoms with E-state index in [1.54, 1.807) is 20.0 Å². The van der Waals surface area contributed by atoms with Gasteiger partial charge in [-0.1, -0.05) is 0 Å². The molecule has 0 radical (unpaired) electrons. The van der Waals surface area contributed by atoms with Gasteiger partial charge < -0.3 is 4.90 Å². The van der Waals surface area contributed by atoms with Crippen molar-refractivity contribution < 1.29 is 9.18 Å². The lowest BCUT2D eigenvalue weighted by Crippen LogP contribution is -2.26. The molecule has 5 heteroatoms. The van der Waals surface area contributed by atoms with E-state index in [4.69, 9.17) is 5.26 Å². The maximum Gasteiger partial charge on any atom is 0.258 e. The fourth-order valence-corrected chi connectivity index (χ4v) is 1.77. The summed E-state index contributed by atoms with van der Waals surface area (Å²) in [4.78, 5) is 17.5. The summed E-state index contributed by atoms with van der Waals surface area (Å²) in [6.45, 7) is 1.64. The van der Waals surface area contributed by atoms with Crippen molar-refractivity contribution in [3.05, 3.63) is 59.2 Å². The quantitative estimate of drug-likeness (QED) is 0.842. The number of aryl methyl sites for hydroxylation is 1. The van der Waals surface area contributed by atoms with Crippen molar-refractivity contribution in [2.75, 3.05) is 11.9 Å². The van der Waals surface area contributed by atoms with Crippen LogP contribution in [-0.2, 0) is 0 Å². The molecule has 1 aromatic heterocycles. The van der Waals surface area contributed by atoms with Gasteiger partial charge in [0.2, 0.25) is 0 Å². The first-order chi connectivity index (χ1) is 9.52. The first-order valence-corrected chi connectivity index (χ1v) is 5.93. The highest BCUT2D eigenvalue weighted by molar-refractivity contribution is 6.05. The van der Waals surface area contributed by atoms with Gasteiger partial charge in [-0.15, -0.1) is 0 Å². The van der Waals surface area contributed by atoms with Gasteiger partial charge >= 0.3 is 0 Å². The number of hydrogen-bond acceptors (Lipinski definition) is 3. The average Bonchev–Trinajstić information content (AvgIpc) is 2.48. The Morgan fingerprint density at radius 3 is 2.75 bits per heavy atom. The minimum atomic E-state index is -0.315. The van der Waals surface area contributed by atoms with E-state index in [0.29, 0.717) is 16.8 Å². The number of hydrogen-bond donors (Lipinski definition) is 0. The largest absolute Gasteiger partial charge is 0.311 e. The molecular weight excluding hydrogens is 257 g/mol. The molecule has 1 amide bonds. The summed E-state index contributed by atoms with van der Waals surface area (Å²) in [6.07, 6.45) is 1.41. The first kappa shape index (κ1) is 13.7. The molecule has 0 saturated carbocycles. The molecule has 1 heterocycles. The number of pyridine rings is 1. The normalized spacial score (nSPS) is 9.90. The maximum atomic E-state index is 13.2. The number of aromatic nitrogens is 1. The maximum absolute atomic E-state index is 13.2. The Morgan fingerprint density at radius 1 is 1.35 bits per heavy atom. The van der Waals surface area contributed by atoms with Gasteiger partial charge in [0.05, 0.1) is 0 Å². The highest BCUT2D eigenvalue weighted by Crippen LogP contribution is 2.19. The zero-order valence-electron chi connectivity index (χ0n) is 11.1. The molecule has 0 aliphatic rings. The van der Waals surface area contributed by atoms with Crippen LogP contribution in [-0.4, -0.2) is 17.9 Å². The van der Waals surface area contributed by atoms with E-state index in [-0.39, 0.29) is 17.4 Å². The van der Waals surface area contributed by atoms with E-state index in [0.717, 1.165) is 0 Å². The van der Waals surface area contributed by atoms with Crippen molar-refractivity contribution in [1.29, 1.82) is 5.26 Å². The summed E-state index contributed by atoms with van der Waals surface area (Å²) in [5.41, 5.74) is 1.60. The Kier molecular flexibility index (Phi) is 3.76. The molecule has 0 spiro atoms. The molecule has 0 N–H and O–H groups in total.